The predicted molar refractivity (Wildman–Crippen MR) is 94.3 cm³/mol. The van der Waals surface area contributed by atoms with E-state index in [1.807, 2.05) is 30.3 Å². The Hall–Kier alpha value is -2.25. The molecular formula is C19H25F3N2O3. The molecular weight excluding hydrogens is 361 g/mol. The minimum atomic E-state index is -4.17. The Morgan fingerprint density at radius 1 is 1.19 bits per heavy atom. The third-order valence-electron chi connectivity index (χ3n) is 4.78. The largest absolute Gasteiger partial charge is 0.481 e. The summed E-state index contributed by atoms with van der Waals surface area (Å²) in [4.78, 5) is 24.9. The molecule has 1 unspecified atom stereocenters. The summed E-state index contributed by atoms with van der Waals surface area (Å²) in [5.41, 5.74) is 0.983. The summed E-state index contributed by atoms with van der Waals surface area (Å²) in [7, 11) is 0. The molecule has 1 heterocycles. The van der Waals surface area contributed by atoms with Gasteiger partial charge in [-0.15, -0.1) is 0 Å². The highest BCUT2D eigenvalue weighted by Crippen LogP contribution is 2.30. The van der Waals surface area contributed by atoms with Gasteiger partial charge in [-0.25, -0.2) is 4.79 Å². The SMILES string of the molecule is O=C(O)CCC(Cc1ccccc1)NC(=O)N1CCC(CC(F)(F)F)CC1. The maximum atomic E-state index is 12.5. The minimum absolute atomic E-state index is 0.0641. The molecule has 1 aliphatic heterocycles. The van der Waals surface area contributed by atoms with Crippen LogP contribution in [0.1, 0.15) is 37.7 Å². The van der Waals surface area contributed by atoms with Crippen LogP contribution < -0.4 is 5.32 Å². The van der Waals surface area contributed by atoms with Crippen LogP contribution in [0.2, 0.25) is 0 Å². The van der Waals surface area contributed by atoms with E-state index in [-0.39, 0.29) is 31.6 Å². The fraction of sp³-hybridized carbons (Fsp3) is 0.579. The lowest BCUT2D eigenvalue weighted by Crippen LogP contribution is -2.48. The van der Waals surface area contributed by atoms with Crippen molar-refractivity contribution >= 4 is 12.0 Å². The van der Waals surface area contributed by atoms with Gasteiger partial charge in [0.1, 0.15) is 0 Å². The highest BCUT2D eigenvalue weighted by atomic mass is 19.4. The second-order valence-corrected chi connectivity index (χ2v) is 7.02. The van der Waals surface area contributed by atoms with Crippen LogP contribution in [0.5, 0.6) is 0 Å². The van der Waals surface area contributed by atoms with Gasteiger partial charge in [0.2, 0.25) is 0 Å². The molecule has 5 nitrogen and oxygen atoms in total. The zero-order chi connectivity index (χ0) is 19.9. The quantitative estimate of drug-likeness (QED) is 0.748. The molecule has 0 bridgehead atoms. The number of carbonyl (C=O) groups is 2. The van der Waals surface area contributed by atoms with E-state index in [1.54, 1.807) is 0 Å². The maximum Gasteiger partial charge on any atom is 0.389 e. The fourth-order valence-corrected chi connectivity index (χ4v) is 3.35. The zero-order valence-corrected chi connectivity index (χ0v) is 15.0. The molecule has 2 rings (SSSR count). The monoisotopic (exact) mass is 386 g/mol. The molecule has 1 saturated heterocycles. The number of likely N-dealkylation sites (tertiary alicyclic amines) is 1. The van der Waals surface area contributed by atoms with Gasteiger partial charge < -0.3 is 15.3 Å². The van der Waals surface area contributed by atoms with Crippen LogP contribution in [0.15, 0.2) is 30.3 Å². The van der Waals surface area contributed by atoms with Gasteiger partial charge in [-0.05, 0) is 37.2 Å². The van der Waals surface area contributed by atoms with Crippen LogP contribution in [-0.4, -0.2) is 47.3 Å². The number of carboxylic acid groups (broad SMARTS) is 1. The molecule has 27 heavy (non-hydrogen) atoms. The highest BCUT2D eigenvalue weighted by molar-refractivity contribution is 5.74. The number of alkyl halides is 3. The van der Waals surface area contributed by atoms with E-state index < -0.39 is 24.5 Å². The number of nitrogens with zero attached hydrogens (tertiary/aromatic N) is 1. The number of carboxylic acids is 1. The molecule has 2 N–H and O–H groups in total. The standard InChI is InChI=1S/C19H25F3N2O3/c20-19(21,22)13-15-8-10-24(11-9-15)18(27)23-16(6-7-17(25)26)12-14-4-2-1-3-5-14/h1-5,15-16H,6-13H2,(H,23,27)(H,25,26). The van der Waals surface area contributed by atoms with Gasteiger partial charge in [0.05, 0.1) is 0 Å². The van der Waals surface area contributed by atoms with Gasteiger partial charge in [-0.2, -0.15) is 13.2 Å². The lowest BCUT2D eigenvalue weighted by molar-refractivity contribution is -0.147. The number of aliphatic carboxylic acids is 1. The summed E-state index contributed by atoms with van der Waals surface area (Å²) in [6, 6.07) is 8.74. The summed E-state index contributed by atoms with van der Waals surface area (Å²) in [6.07, 6.45) is -3.60. The van der Waals surface area contributed by atoms with E-state index in [0.717, 1.165) is 5.56 Å². The van der Waals surface area contributed by atoms with Crippen molar-refractivity contribution in [2.75, 3.05) is 13.1 Å². The summed E-state index contributed by atoms with van der Waals surface area (Å²) >= 11 is 0. The van der Waals surface area contributed by atoms with Crippen molar-refractivity contribution in [3.8, 4) is 0 Å². The number of rotatable bonds is 7. The van der Waals surface area contributed by atoms with Gasteiger partial charge in [-0.3, -0.25) is 4.79 Å². The summed E-state index contributed by atoms with van der Waals surface area (Å²) in [6.45, 7) is 0.563. The first-order chi connectivity index (χ1) is 12.7. The summed E-state index contributed by atoms with van der Waals surface area (Å²) in [5, 5.41) is 11.8. The smallest absolute Gasteiger partial charge is 0.389 e. The van der Waals surface area contributed by atoms with Gasteiger partial charge in [0, 0.05) is 32.0 Å². The number of halogens is 3. The second-order valence-electron chi connectivity index (χ2n) is 7.02. The average molecular weight is 386 g/mol. The number of hydrogen-bond donors (Lipinski definition) is 2. The normalized spacial score (nSPS) is 16.8. The summed E-state index contributed by atoms with van der Waals surface area (Å²) in [5.74, 6) is -1.38. The fourth-order valence-electron chi connectivity index (χ4n) is 3.35. The molecule has 0 saturated carbocycles. The van der Waals surface area contributed by atoms with Crippen molar-refractivity contribution in [1.82, 2.24) is 10.2 Å². The lowest BCUT2D eigenvalue weighted by Gasteiger charge is -2.33. The van der Waals surface area contributed by atoms with E-state index in [1.165, 1.54) is 4.90 Å². The van der Waals surface area contributed by atoms with Gasteiger partial charge in [0.15, 0.2) is 0 Å². The van der Waals surface area contributed by atoms with Crippen LogP contribution in [0.4, 0.5) is 18.0 Å². The predicted octanol–water partition coefficient (Wildman–Crippen LogP) is 3.84. The van der Waals surface area contributed by atoms with E-state index in [0.29, 0.717) is 25.7 Å². The topological polar surface area (TPSA) is 69.6 Å². The molecule has 1 aromatic carbocycles. The highest BCUT2D eigenvalue weighted by Gasteiger charge is 2.34. The molecule has 0 radical (unpaired) electrons. The van der Waals surface area contributed by atoms with Crippen LogP contribution >= 0.6 is 0 Å². The third kappa shape index (κ3) is 7.88. The average Bonchev–Trinajstić information content (AvgIpc) is 2.59. The van der Waals surface area contributed by atoms with E-state index in [2.05, 4.69) is 5.32 Å². The van der Waals surface area contributed by atoms with Crippen molar-refractivity contribution in [2.45, 2.75) is 50.7 Å². The maximum absolute atomic E-state index is 12.5. The van der Waals surface area contributed by atoms with Crippen molar-refractivity contribution in [3.05, 3.63) is 35.9 Å². The first-order valence-electron chi connectivity index (χ1n) is 9.11. The van der Waals surface area contributed by atoms with Crippen molar-refractivity contribution in [1.29, 1.82) is 0 Å². The third-order valence-corrected chi connectivity index (χ3v) is 4.78. The van der Waals surface area contributed by atoms with Crippen molar-refractivity contribution < 1.29 is 27.9 Å². The number of carbonyl (C=O) groups excluding carboxylic acids is 1. The van der Waals surface area contributed by atoms with E-state index >= 15 is 0 Å². The molecule has 1 atom stereocenters. The Morgan fingerprint density at radius 2 is 1.81 bits per heavy atom. The molecule has 1 fully saturated rings. The van der Waals surface area contributed by atoms with E-state index in [9.17, 15) is 22.8 Å². The van der Waals surface area contributed by atoms with Crippen LogP contribution in [0, 0.1) is 5.92 Å². The Balaban J connectivity index is 1.88. The number of urea groups is 1. The van der Waals surface area contributed by atoms with Crippen molar-refractivity contribution in [3.63, 3.8) is 0 Å². The minimum Gasteiger partial charge on any atom is -0.481 e. The molecule has 150 valence electrons. The number of benzene rings is 1. The molecule has 8 heteroatoms. The molecule has 0 spiro atoms. The van der Waals surface area contributed by atoms with E-state index in [4.69, 9.17) is 5.11 Å². The second kappa shape index (κ2) is 9.62. The zero-order valence-electron chi connectivity index (χ0n) is 15.0. The first-order valence-corrected chi connectivity index (χ1v) is 9.11. The Bertz CT molecular complexity index is 614. The molecule has 2 amide bonds. The summed E-state index contributed by atoms with van der Waals surface area (Å²) < 4.78 is 37.5. The number of piperidine rings is 1. The van der Waals surface area contributed by atoms with Gasteiger partial charge >= 0.3 is 18.2 Å². The van der Waals surface area contributed by atoms with Crippen molar-refractivity contribution in [2.24, 2.45) is 5.92 Å². The molecule has 0 aliphatic carbocycles. The Morgan fingerprint density at radius 3 is 2.37 bits per heavy atom. The Labute approximate surface area is 156 Å². The number of hydrogen-bond acceptors (Lipinski definition) is 2. The van der Waals surface area contributed by atoms with Crippen LogP contribution in [0.3, 0.4) is 0 Å². The number of amides is 2. The molecule has 0 aromatic heterocycles. The number of nitrogens with one attached hydrogen (secondary N) is 1. The lowest BCUT2D eigenvalue weighted by atomic mass is 9.93. The van der Waals surface area contributed by atoms with Gasteiger partial charge in [-0.1, -0.05) is 30.3 Å². The first kappa shape index (κ1) is 21.1. The van der Waals surface area contributed by atoms with Crippen LogP contribution in [0.25, 0.3) is 0 Å². The molecule has 1 aromatic rings. The van der Waals surface area contributed by atoms with Crippen LogP contribution in [-0.2, 0) is 11.2 Å². The van der Waals surface area contributed by atoms with Gasteiger partial charge in [0.25, 0.3) is 0 Å². The Kier molecular flexibility index (Phi) is 7.50. The molecule has 1 aliphatic rings.